The fourth-order valence-electron chi connectivity index (χ4n) is 4.12. The fourth-order valence-corrected chi connectivity index (χ4v) is 4.12. The third kappa shape index (κ3) is 2.49. The second kappa shape index (κ2) is 5.82. The van der Waals surface area contributed by atoms with Crippen LogP contribution in [0.15, 0.2) is 24.3 Å². The van der Waals surface area contributed by atoms with Crippen LogP contribution in [-0.4, -0.2) is 46.3 Å². The SMILES string of the molecule is O=C1NC2(CCCC2)C(=O)N1CC(=O)N1CCC1c1ccccc1F. The lowest BCUT2D eigenvalue weighted by molar-refractivity contribution is -0.144. The molecule has 132 valence electrons. The van der Waals surface area contributed by atoms with Gasteiger partial charge < -0.3 is 10.2 Å². The van der Waals surface area contributed by atoms with E-state index >= 15 is 0 Å². The molecule has 1 aliphatic carbocycles. The summed E-state index contributed by atoms with van der Waals surface area (Å²) in [5, 5.41) is 2.77. The van der Waals surface area contributed by atoms with Gasteiger partial charge in [-0.25, -0.2) is 9.18 Å². The van der Waals surface area contributed by atoms with Gasteiger partial charge in [-0.2, -0.15) is 0 Å². The Morgan fingerprint density at radius 1 is 1.24 bits per heavy atom. The van der Waals surface area contributed by atoms with Crippen LogP contribution in [0.4, 0.5) is 9.18 Å². The number of nitrogens with zero attached hydrogens (tertiary/aromatic N) is 2. The van der Waals surface area contributed by atoms with Crippen LogP contribution in [0.3, 0.4) is 0 Å². The monoisotopic (exact) mass is 345 g/mol. The van der Waals surface area contributed by atoms with E-state index in [-0.39, 0.29) is 30.2 Å². The lowest BCUT2D eigenvalue weighted by atomic mass is 9.94. The molecule has 2 aliphatic heterocycles. The van der Waals surface area contributed by atoms with Gasteiger partial charge in [0.25, 0.3) is 5.91 Å². The van der Waals surface area contributed by atoms with Gasteiger partial charge in [-0.05, 0) is 25.3 Å². The Kier molecular flexibility index (Phi) is 3.74. The van der Waals surface area contributed by atoms with Crippen LogP contribution in [0.25, 0.3) is 0 Å². The summed E-state index contributed by atoms with van der Waals surface area (Å²) in [7, 11) is 0. The number of halogens is 1. The zero-order chi connectivity index (χ0) is 17.6. The van der Waals surface area contributed by atoms with Gasteiger partial charge in [0.05, 0.1) is 6.04 Å². The highest BCUT2D eigenvalue weighted by atomic mass is 19.1. The zero-order valence-corrected chi connectivity index (χ0v) is 13.8. The summed E-state index contributed by atoms with van der Waals surface area (Å²) in [5.41, 5.74) is -0.330. The molecule has 1 atom stereocenters. The summed E-state index contributed by atoms with van der Waals surface area (Å²) in [6, 6.07) is 5.56. The molecule has 4 amide bonds. The summed E-state index contributed by atoms with van der Waals surface area (Å²) in [6.45, 7) is 0.226. The van der Waals surface area contributed by atoms with E-state index in [2.05, 4.69) is 5.32 Å². The third-order valence-electron chi connectivity index (χ3n) is 5.60. The molecule has 0 radical (unpaired) electrons. The minimum atomic E-state index is -0.808. The highest BCUT2D eigenvalue weighted by Crippen LogP contribution is 2.37. The predicted octanol–water partition coefficient (Wildman–Crippen LogP) is 1.96. The Balaban J connectivity index is 1.46. The topological polar surface area (TPSA) is 69.7 Å². The number of amides is 4. The molecule has 0 bridgehead atoms. The zero-order valence-electron chi connectivity index (χ0n) is 13.8. The Hall–Kier alpha value is -2.44. The lowest BCUT2D eigenvalue weighted by Crippen LogP contribution is -2.51. The van der Waals surface area contributed by atoms with Crippen LogP contribution in [0.2, 0.25) is 0 Å². The first-order chi connectivity index (χ1) is 12.0. The van der Waals surface area contributed by atoms with Crippen LogP contribution < -0.4 is 5.32 Å². The minimum Gasteiger partial charge on any atom is -0.334 e. The average Bonchev–Trinajstić information content (AvgIpc) is 3.10. The average molecular weight is 345 g/mol. The van der Waals surface area contributed by atoms with E-state index in [9.17, 15) is 18.8 Å². The van der Waals surface area contributed by atoms with Gasteiger partial charge in [0.2, 0.25) is 5.91 Å². The number of benzene rings is 1. The molecule has 25 heavy (non-hydrogen) atoms. The van der Waals surface area contributed by atoms with Crippen molar-refractivity contribution in [3.8, 4) is 0 Å². The Morgan fingerprint density at radius 2 is 1.96 bits per heavy atom. The molecule has 1 saturated carbocycles. The van der Waals surface area contributed by atoms with Gasteiger partial charge in [0.1, 0.15) is 17.9 Å². The summed E-state index contributed by atoms with van der Waals surface area (Å²) >= 11 is 0. The van der Waals surface area contributed by atoms with E-state index in [1.54, 1.807) is 23.1 Å². The summed E-state index contributed by atoms with van der Waals surface area (Å²) in [6.07, 6.45) is 3.73. The van der Waals surface area contributed by atoms with Gasteiger partial charge in [-0.15, -0.1) is 0 Å². The minimum absolute atomic E-state index is 0.280. The van der Waals surface area contributed by atoms with Gasteiger partial charge >= 0.3 is 6.03 Å². The number of rotatable bonds is 3. The molecule has 2 saturated heterocycles. The predicted molar refractivity (Wildman–Crippen MR) is 86.9 cm³/mol. The number of likely N-dealkylation sites (tertiary alicyclic amines) is 1. The summed E-state index contributed by atoms with van der Waals surface area (Å²) in [4.78, 5) is 40.0. The van der Waals surface area contributed by atoms with Gasteiger partial charge in [-0.1, -0.05) is 31.0 Å². The maximum Gasteiger partial charge on any atom is 0.325 e. The Bertz CT molecular complexity index is 745. The van der Waals surface area contributed by atoms with Gasteiger partial charge in [-0.3, -0.25) is 14.5 Å². The first-order valence-corrected chi connectivity index (χ1v) is 8.70. The largest absolute Gasteiger partial charge is 0.334 e. The van der Waals surface area contributed by atoms with E-state index in [0.717, 1.165) is 17.7 Å². The van der Waals surface area contributed by atoms with Crippen LogP contribution >= 0.6 is 0 Å². The first kappa shape index (κ1) is 16.1. The number of carbonyl (C=O) groups is 3. The standard InChI is InChI=1S/C18H20FN3O3/c19-13-6-2-1-5-12(13)14-7-10-21(14)15(23)11-22-16(24)18(20-17(22)25)8-3-4-9-18/h1-2,5-6,14H,3-4,7-11H2,(H,20,25). The molecule has 3 fully saturated rings. The molecule has 2 heterocycles. The van der Waals surface area contributed by atoms with E-state index in [1.165, 1.54) is 6.07 Å². The Morgan fingerprint density at radius 3 is 2.60 bits per heavy atom. The van der Waals surface area contributed by atoms with Crippen molar-refractivity contribution in [3.05, 3.63) is 35.6 Å². The highest BCUT2D eigenvalue weighted by Gasteiger charge is 2.53. The van der Waals surface area contributed by atoms with E-state index in [1.807, 2.05) is 0 Å². The van der Waals surface area contributed by atoms with Gasteiger partial charge in [0.15, 0.2) is 0 Å². The van der Waals surface area contributed by atoms with Crippen LogP contribution in [0.5, 0.6) is 0 Å². The van der Waals surface area contributed by atoms with Crippen LogP contribution in [0, 0.1) is 5.82 Å². The van der Waals surface area contributed by atoms with Crippen molar-refractivity contribution in [3.63, 3.8) is 0 Å². The van der Waals surface area contributed by atoms with Crippen molar-refractivity contribution in [2.45, 2.75) is 43.7 Å². The molecule has 1 aromatic rings. The Labute approximate surface area is 145 Å². The molecular formula is C18H20FN3O3. The van der Waals surface area contributed by atoms with Crippen molar-refractivity contribution < 1.29 is 18.8 Å². The van der Waals surface area contributed by atoms with Crippen molar-refractivity contribution in [1.82, 2.24) is 15.1 Å². The first-order valence-electron chi connectivity index (χ1n) is 8.70. The van der Waals surface area contributed by atoms with Gasteiger partial charge in [0, 0.05) is 12.1 Å². The molecule has 4 rings (SSSR count). The molecule has 6 nitrogen and oxygen atoms in total. The van der Waals surface area contributed by atoms with Crippen molar-refractivity contribution in [2.24, 2.45) is 0 Å². The summed E-state index contributed by atoms with van der Waals surface area (Å²) in [5.74, 6) is -0.964. The normalized spacial score (nSPS) is 24.6. The molecule has 1 unspecified atom stereocenters. The number of hydrogen-bond donors (Lipinski definition) is 1. The highest BCUT2D eigenvalue weighted by molar-refractivity contribution is 6.09. The van der Waals surface area contributed by atoms with Crippen molar-refractivity contribution in [2.75, 3.05) is 13.1 Å². The quantitative estimate of drug-likeness (QED) is 0.852. The second-order valence-electron chi connectivity index (χ2n) is 7.02. The number of hydrogen-bond acceptors (Lipinski definition) is 3. The number of carbonyl (C=O) groups excluding carboxylic acids is 3. The molecule has 1 aromatic carbocycles. The van der Waals surface area contributed by atoms with E-state index in [4.69, 9.17) is 0 Å². The molecule has 1 spiro atoms. The number of nitrogens with one attached hydrogen (secondary N) is 1. The van der Waals surface area contributed by atoms with Crippen molar-refractivity contribution >= 4 is 17.8 Å². The van der Waals surface area contributed by atoms with E-state index < -0.39 is 11.6 Å². The van der Waals surface area contributed by atoms with Crippen LogP contribution in [-0.2, 0) is 9.59 Å². The van der Waals surface area contributed by atoms with Crippen molar-refractivity contribution in [1.29, 1.82) is 0 Å². The van der Waals surface area contributed by atoms with E-state index in [0.29, 0.717) is 31.4 Å². The van der Waals surface area contributed by atoms with Crippen LogP contribution in [0.1, 0.15) is 43.7 Å². The maximum absolute atomic E-state index is 14.0. The maximum atomic E-state index is 14.0. The molecule has 3 aliphatic rings. The molecule has 7 heteroatoms. The molecular weight excluding hydrogens is 325 g/mol. The number of urea groups is 1. The number of imide groups is 1. The molecule has 1 N–H and O–H groups in total. The summed E-state index contributed by atoms with van der Waals surface area (Å²) < 4.78 is 14.0. The lowest BCUT2D eigenvalue weighted by Gasteiger charge is -2.42. The third-order valence-corrected chi connectivity index (χ3v) is 5.60. The molecule has 0 aromatic heterocycles. The smallest absolute Gasteiger partial charge is 0.325 e. The fraction of sp³-hybridized carbons (Fsp3) is 0.500. The second-order valence-corrected chi connectivity index (χ2v) is 7.02.